The second kappa shape index (κ2) is 9.23. The van der Waals surface area contributed by atoms with Crippen LogP contribution < -0.4 is 10.5 Å². The maximum atomic E-state index is 12.2. The summed E-state index contributed by atoms with van der Waals surface area (Å²) in [6.45, 7) is 4.92. The van der Waals surface area contributed by atoms with Crippen molar-refractivity contribution in [3.8, 4) is 5.75 Å². The molecule has 0 fully saturated rings. The molecule has 1 amide bonds. The largest absolute Gasteiger partial charge is 0.493 e. The molecule has 0 radical (unpaired) electrons. The van der Waals surface area contributed by atoms with Gasteiger partial charge in [0.05, 0.1) is 13.0 Å². The number of rotatable bonds is 9. The van der Waals surface area contributed by atoms with Crippen molar-refractivity contribution in [1.29, 1.82) is 0 Å². The van der Waals surface area contributed by atoms with Gasteiger partial charge in [0.15, 0.2) is 0 Å². The van der Waals surface area contributed by atoms with Gasteiger partial charge in [-0.3, -0.25) is 4.79 Å². The number of carbonyl (C=O) groups is 1. The number of ether oxygens (including phenoxy) is 1. The maximum absolute atomic E-state index is 12.2. The molecule has 1 aromatic carbocycles. The molecular weight excluding hydrogens is 266 g/mol. The summed E-state index contributed by atoms with van der Waals surface area (Å²) in [5, 5.41) is 0. The molecule has 0 atom stereocenters. The molecule has 5 nitrogen and oxygen atoms in total. The van der Waals surface area contributed by atoms with Gasteiger partial charge in [-0.1, -0.05) is 6.92 Å². The van der Waals surface area contributed by atoms with E-state index in [0.29, 0.717) is 18.7 Å². The van der Waals surface area contributed by atoms with Gasteiger partial charge in [0.1, 0.15) is 5.75 Å². The predicted octanol–water partition coefficient (Wildman–Crippen LogP) is 1.84. The van der Waals surface area contributed by atoms with E-state index in [1.165, 1.54) is 0 Å². The Labute approximate surface area is 127 Å². The van der Waals surface area contributed by atoms with Crippen LogP contribution in [0.5, 0.6) is 5.75 Å². The lowest BCUT2D eigenvalue weighted by Gasteiger charge is -2.24. The number of benzene rings is 1. The zero-order valence-electron chi connectivity index (χ0n) is 13.3. The third kappa shape index (κ3) is 6.99. The summed E-state index contributed by atoms with van der Waals surface area (Å²) >= 11 is 0. The van der Waals surface area contributed by atoms with Crippen molar-refractivity contribution >= 4 is 11.6 Å². The minimum Gasteiger partial charge on any atom is -0.493 e. The smallest absolute Gasteiger partial charge is 0.226 e. The molecule has 0 spiro atoms. The third-order valence-electron chi connectivity index (χ3n) is 3.13. The molecule has 0 bridgehead atoms. The summed E-state index contributed by atoms with van der Waals surface area (Å²) in [5.41, 5.74) is 6.32. The van der Waals surface area contributed by atoms with E-state index in [0.717, 1.165) is 31.8 Å². The molecule has 1 rings (SSSR count). The normalized spacial score (nSPS) is 10.7. The summed E-state index contributed by atoms with van der Waals surface area (Å²) in [7, 11) is 4.03. The van der Waals surface area contributed by atoms with Crippen LogP contribution >= 0.6 is 0 Å². The van der Waals surface area contributed by atoms with Crippen molar-refractivity contribution in [1.82, 2.24) is 9.80 Å². The van der Waals surface area contributed by atoms with E-state index >= 15 is 0 Å². The van der Waals surface area contributed by atoms with Gasteiger partial charge in [-0.25, -0.2) is 0 Å². The molecule has 0 unspecified atom stereocenters. The van der Waals surface area contributed by atoms with E-state index in [9.17, 15) is 4.79 Å². The van der Waals surface area contributed by atoms with E-state index in [2.05, 4.69) is 11.8 Å². The molecular formula is C16H27N3O2. The fourth-order valence-corrected chi connectivity index (χ4v) is 1.93. The van der Waals surface area contributed by atoms with E-state index in [4.69, 9.17) is 10.5 Å². The van der Waals surface area contributed by atoms with Crippen LogP contribution in [0.15, 0.2) is 24.3 Å². The Morgan fingerprint density at radius 3 is 2.38 bits per heavy atom. The highest BCUT2D eigenvalue weighted by atomic mass is 16.5. The maximum Gasteiger partial charge on any atom is 0.226 e. The van der Waals surface area contributed by atoms with Crippen molar-refractivity contribution in [3.63, 3.8) is 0 Å². The summed E-state index contributed by atoms with van der Waals surface area (Å²) in [5.74, 6) is 0.890. The number of anilines is 1. The van der Waals surface area contributed by atoms with Crippen LogP contribution in [0.1, 0.15) is 19.8 Å². The quantitative estimate of drug-likeness (QED) is 0.706. The summed E-state index contributed by atoms with van der Waals surface area (Å²) in [4.78, 5) is 16.2. The number of amides is 1. The Kier molecular flexibility index (Phi) is 7.61. The van der Waals surface area contributed by atoms with Crippen LogP contribution in [0.4, 0.5) is 5.69 Å². The number of nitrogen functional groups attached to an aromatic ring is 1. The standard InChI is InChI=1S/C16H27N3O2/c1-4-10-19(12-11-18(2)3)16(20)9-13-21-15-7-5-14(17)6-8-15/h5-8H,4,9-13,17H2,1-3H3. The first kappa shape index (κ1) is 17.3. The number of nitrogens with zero attached hydrogens (tertiary/aromatic N) is 2. The third-order valence-corrected chi connectivity index (χ3v) is 3.13. The Balaban J connectivity index is 2.36. The molecule has 0 aliphatic heterocycles. The highest BCUT2D eigenvalue weighted by Crippen LogP contribution is 2.13. The van der Waals surface area contributed by atoms with E-state index in [-0.39, 0.29) is 5.91 Å². The fourth-order valence-electron chi connectivity index (χ4n) is 1.93. The Hall–Kier alpha value is -1.75. The number of nitrogens with two attached hydrogens (primary N) is 1. The Bertz CT molecular complexity index is 418. The van der Waals surface area contributed by atoms with Gasteiger partial charge in [0.25, 0.3) is 0 Å². The predicted molar refractivity (Wildman–Crippen MR) is 86.4 cm³/mol. The molecule has 0 aromatic heterocycles. The average Bonchev–Trinajstić information content (AvgIpc) is 2.45. The minimum absolute atomic E-state index is 0.147. The van der Waals surface area contributed by atoms with E-state index in [1.54, 1.807) is 12.1 Å². The lowest BCUT2D eigenvalue weighted by molar-refractivity contribution is -0.131. The highest BCUT2D eigenvalue weighted by molar-refractivity contribution is 5.76. The molecule has 2 N–H and O–H groups in total. The van der Waals surface area contributed by atoms with Crippen LogP contribution in [0, 0.1) is 0 Å². The van der Waals surface area contributed by atoms with Crippen LogP contribution in [-0.2, 0) is 4.79 Å². The van der Waals surface area contributed by atoms with Gasteiger partial charge < -0.3 is 20.3 Å². The molecule has 5 heteroatoms. The summed E-state index contributed by atoms with van der Waals surface area (Å²) in [6, 6.07) is 7.21. The first-order valence-corrected chi connectivity index (χ1v) is 7.43. The van der Waals surface area contributed by atoms with Gasteiger partial charge in [-0.15, -0.1) is 0 Å². The molecule has 0 heterocycles. The van der Waals surface area contributed by atoms with E-state index in [1.807, 2.05) is 31.1 Å². The number of likely N-dealkylation sites (N-methyl/N-ethyl adjacent to an activating group) is 1. The SMILES string of the molecule is CCCN(CCN(C)C)C(=O)CCOc1ccc(N)cc1. The van der Waals surface area contributed by atoms with Crippen LogP contribution in [0.2, 0.25) is 0 Å². The second-order valence-corrected chi connectivity index (χ2v) is 5.35. The van der Waals surface area contributed by atoms with Gasteiger partial charge in [0.2, 0.25) is 5.91 Å². The van der Waals surface area contributed by atoms with Crippen molar-refractivity contribution in [3.05, 3.63) is 24.3 Å². The van der Waals surface area contributed by atoms with Crippen molar-refractivity contribution in [2.75, 3.05) is 46.1 Å². The molecule has 0 saturated carbocycles. The Morgan fingerprint density at radius 2 is 1.81 bits per heavy atom. The van der Waals surface area contributed by atoms with Gasteiger partial charge in [-0.05, 0) is 44.8 Å². The molecule has 0 aliphatic rings. The minimum atomic E-state index is 0.147. The van der Waals surface area contributed by atoms with Crippen molar-refractivity contribution in [2.24, 2.45) is 0 Å². The van der Waals surface area contributed by atoms with E-state index < -0.39 is 0 Å². The zero-order valence-corrected chi connectivity index (χ0v) is 13.3. The molecule has 1 aromatic rings. The Morgan fingerprint density at radius 1 is 1.14 bits per heavy atom. The molecule has 118 valence electrons. The van der Waals surface area contributed by atoms with Crippen LogP contribution in [0.25, 0.3) is 0 Å². The monoisotopic (exact) mass is 293 g/mol. The first-order valence-electron chi connectivity index (χ1n) is 7.43. The van der Waals surface area contributed by atoms with Crippen LogP contribution in [-0.4, -0.2) is 56.0 Å². The topological polar surface area (TPSA) is 58.8 Å². The average molecular weight is 293 g/mol. The van der Waals surface area contributed by atoms with Crippen LogP contribution in [0.3, 0.4) is 0 Å². The summed E-state index contributed by atoms with van der Waals surface area (Å²) < 4.78 is 5.57. The molecule has 0 aliphatic carbocycles. The lowest BCUT2D eigenvalue weighted by Crippen LogP contribution is -2.37. The second-order valence-electron chi connectivity index (χ2n) is 5.35. The highest BCUT2D eigenvalue weighted by Gasteiger charge is 2.12. The van der Waals surface area contributed by atoms with Crippen molar-refractivity contribution in [2.45, 2.75) is 19.8 Å². The van der Waals surface area contributed by atoms with Gasteiger partial charge in [-0.2, -0.15) is 0 Å². The summed E-state index contributed by atoms with van der Waals surface area (Å²) in [6.07, 6.45) is 1.37. The van der Waals surface area contributed by atoms with Crippen molar-refractivity contribution < 1.29 is 9.53 Å². The number of carbonyl (C=O) groups excluding carboxylic acids is 1. The molecule has 0 saturated heterocycles. The number of hydrogen-bond donors (Lipinski definition) is 1. The fraction of sp³-hybridized carbons (Fsp3) is 0.562. The lowest BCUT2D eigenvalue weighted by atomic mass is 10.3. The number of hydrogen-bond acceptors (Lipinski definition) is 4. The van der Waals surface area contributed by atoms with Gasteiger partial charge in [0, 0.05) is 25.3 Å². The first-order chi connectivity index (χ1) is 10.0. The zero-order chi connectivity index (χ0) is 15.7. The van der Waals surface area contributed by atoms with Gasteiger partial charge >= 0.3 is 0 Å². The molecule has 21 heavy (non-hydrogen) atoms.